The predicted molar refractivity (Wildman–Crippen MR) is 43.3 cm³/mol. The van der Waals surface area contributed by atoms with Crippen LogP contribution in [0.15, 0.2) is 18.9 Å². The number of fused-ring (bicyclic) bond motifs is 1. The molecule has 6 heteroatoms. The van der Waals surface area contributed by atoms with E-state index in [1.54, 1.807) is 16.5 Å². The number of hydrogen-bond donors (Lipinski definition) is 1. The van der Waals surface area contributed by atoms with Crippen LogP contribution in [0.3, 0.4) is 0 Å². The number of aromatic nitrogens is 4. The van der Waals surface area contributed by atoms with Crippen molar-refractivity contribution in [1.82, 2.24) is 18.9 Å². The Morgan fingerprint density at radius 2 is 2.18 bits per heavy atom. The van der Waals surface area contributed by atoms with Crippen LogP contribution >= 0.6 is 12.8 Å². The van der Waals surface area contributed by atoms with E-state index in [4.69, 9.17) is 0 Å². The highest BCUT2D eigenvalue weighted by atomic mass is 32.1. The van der Waals surface area contributed by atoms with Crippen LogP contribution in [0.2, 0.25) is 0 Å². The Hall–Kier alpha value is -1.14. The molecule has 0 radical (unpaired) electrons. The molecule has 2 rings (SSSR count). The lowest BCUT2D eigenvalue weighted by Crippen LogP contribution is -1.81. The number of thiol groups is 1. The molecule has 0 saturated carbocycles. The summed E-state index contributed by atoms with van der Waals surface area (Å²) in [5.41, 5.74) is 1.50. The quantitative estimate of drug-likeness (QED) is 0.551. The summed E-state index contributed by atoms with van der Waals surface area (Å²) in [7, 11) is 0. The summed E-state index contributed by atoms with van der Waals surface area (Å²) >= 11 is 4.07. The second-order valence-corrected chi connectivity index (χ2v) is 2.25. The summed E-state index contributed by atoms with van der Waals surface area (Å²) < 4.78 is 1.55. The molecule has 2 N–H and O–H groups in total. The zero-order chi connectivity index (χ0) is 6.97. The maximum absolute atomic E-state index is 4.07. The fourth-order valence-corrected chi connectivity index (χ4v) is 0.961. The zero-order valence-corrected chi connectivity index (χ0v) is 6.36. The molecule has 5 nitrogen and oxygen atoms in total. The molecule has 11 heavy (non-hydrogen) atoms. The minimum atomic E-state index is 0. The Kier molecular flexibility index (Phi) is 2.06. The Labute approximate surface area is 68.0 Å². The van der Waals surface area contributed by atoms with Crippen LogP contribution in [-0.4, -0.2) is 24.4 Å². The first-order valence-corrected chi connectivity index (χ1v) is 3.10. The van der Waals surface area contributed by atoms with Gasteiger partial charge in [-0.25, -0.2) is 15.0 Å². The van der Waals surface area contributed by atoms with Gasteiger partial charge in [0.25, 0.3) is 0 Å². The largest absolute Gasteiger partial charge is 0.412 e. The van der Waals surface area contributed by atoms with Gasteiger partial charge in [0.1, 0.15) is 18.2 Å². The van der Waals surface area contributed by atoms with Crippen LogP contribution in [-0.2, 0) is 0 Å². The first-order chi connectivity index (χ1) is 4.88. The summed E-state index contributed by atoms with van der Waals surface area (Å²) in [6, 6.07) is 0. The molecule has 0 aromatic carbocycles. The third-order valence-corrected chi connectivity index (χ3v) is 1.49. The van der Waals surface area contributed by atoms with Crippen LogP contribution in [0.4, 0.5) is 0 Å². The van der Waals surface area contributed by atoms with E-state index in [0.29, 0.717) is 0 Å². The second-order valence-electron chi connectivity index (χ2n) is 1.82. The molecule has 0 bridgehead atoms. The van der Waals surface area contributed by atoms with Gasteiger partial charge in [0.05, 0.1) is 6.20 Å². The van der Waals surface area contributed by atoms with E-state index < -0.39 is 0 Å². The highest BCUT2D eigenvalue weighted by molar-refractivity contribution is 7.78. The topological polar surface area (TPSA) is 75.1 Å². The van der Waals surface area contributed by atoms with Gasteiger partial charge < -0.3 is 5.48 Å². The second kappa shape index (κ2) is 2.85. The van der Waals surface area contributed by atoms with Gasteiger partial charge in [-0.2, -0.15) is 0 Å². The van der Waals surface area contributed by atoms with Gasteiger partial charge in [-0.1, -0.05) is 12.8 Å². The van der Waals surface area contributed by atoms with E-state index in [2.05, 4.69) is 27.8 Å². The molecule has 0 aliphatic rings. The number of hydrogen-bond acceptors (Lipinski definition) is 4. The molecular formula is C5H6N4OS. The fourth-order valence-electron chi connectivity index (χ4n) is 0.755. The molecule has 0 aliphatic carbocycles. The van der Waals surface area contributed by atoms with Crippen molar-refractivity contribution in [3.63, 3.8) is 0 Å². The fraction of sp³-hybridized carbons (Fsp3) is 0. The van der Waals surface area contributed by atoms with Gasteiger partial charge in [0.2, 0.25) is 0 Å². The van der Waals surface area contributed by atoms with E-state index >= 15 is 0 Å². The van der Waals surface area contributed by atoms with E-state index in [1.165, 1.54) is 6.33 Å². The average molecular weight is 170 g/mol. The highest BCUT2D eigenvalue weighted by Gasteiger charge is 1.97. The van der Waals surface area contributed by atoms with Crippen molar-refractivity contribution >= 4 is 24.0 Å². The van der Waals surface area contributed by atoms with Crippen LogP contribution in [0.5, 0.6) is 0 Å². The number of nitrogens with zero attached hydrogens (tertiary/aromatic N) is 4. The normalized spacial score (nSPS) is 9.55. The molecule has 2 heterocycles. The van der Waals surface area contributed by atoms with E-state index in [1.807, 2.05) is 0 Å². The van der Waals surface area contributed by atoms with Gasteiger partial charge in [-0.05, 0) is 0 Å². The number of imidazole rings is 1. The molecular weight excluding hydrogens is 164 g/mol. The van der Waals surface area contributed by atoms with Gasteiger partial charge in [-0.15, -0.1) is 0 Å². The lowest BCUT2D eigenvalue weighted by molar-refractivity contribution is 0.824. The minimum Gasteiger partial charge on any atom is -0.412 e. The smallest absolute Gasteiger partial charge is 0.173 e. The molecule has 0 atom stereocenters. The molecule has 0 amide bonds. The van der Waals surface area contributed by atoms with Gasteiger partial charge in [0, 0.05) is 0 Å². The highest BCUT2D eigenvalue weighted by Crippen LogP contribution is 2.06. The summed E-state index contributed by atoms with van der Waals surface area (Å²) in [6.45, 7) is 0. The van der Waals surface area contributed by atoms with Crippen molar-refractivity contribution in [3.05, 3.63) is 18.9 Å². The molecule has 0 fully saturated rings. The maximum Gasteiger partial charge on any atom is 0.173 e. The van der Waals surface area contributed by atoms with Gasteiger partial charge in [-0.3, -0.25) is 3.97 Å². The van der Waals surface area contributed by atoms with Crippen LogP contribution < -0.4 is 0 Å². The Bertz CT molecular complexity index is 360. The molecule has 58 valence electrons. The Morgan fingerprint density at radius 1 is 1.36 bits per heavy atom. The monoisotopic (exact) mass is 170 g/mol. The van der Waals surface area contributed by atoms with Crippen molar-refractivity contribution in [1.29, 1.82) is 0 Å². The molecule has 2 aromatic rings. The zero-order valence-electron chi connectivity index (χ0n) is 5.47. The molecule has 0 saturated heterocycles. The Balaban J connectivity index is 0.000000605. The van der Waals surface area contributed by atoms with Crippen molar-refractivity contribution in [2.45, 2.75) is 0 Å². The SMILES string of the molecule is O.Sn1cnc2cncnc21. The van der Waals surface area contributed by atoms with E-state index in [0.717, 1.165) is 11.2 Å². The summed E-state index contributed by atoms with van der Waals surface area (Å²) in [4.78, 5) is 11.7. The predicted octanol–water partition coefficient (Wildman–Crippen LogP) is -0.306. The summed E-state index contributed by atoms with van der Waals surface area (Å²) in [5, 5.41) is 0. The Morgan fingerprint density at radius 3 is 2.91 bits per heavy atom. The standard InChI is InChI=1S/C5H4N4S.H2O/c10-9-3-8-4-1-6-2-7-5(4)9;/h1-3,10H;1H2. The number of rotatable bonds is 0. The molecule has 0 unspecified atom stereocenters. The third kappa shape index (κ3) is 1.17. The van der Waals surface area contributed by atoms with Gasteiger partial charge >= 0.3 is 0 Å². The van der Waals surface area contributed by atoms with E-state index in [9.17, 15) is 0 Å². The van der Waals surface area contributed by atoms with Crippen molar-refractivity contribution < 1.29 is 5.48 Å². The van der Waals surface area contributed by atoms with Crippen LogP contribution in [0.1, 0.15) is 0 Å². The first-order valence-electron chi connectivity index (χ1n) is 2.70. The molecule has 0 aliphatic heterocycles. The lowest BCUT2D eigenvalue weighted by Gasteiger charge is -1.87. The van der Waals surface area contributed by atoms with Crippen LogP contribution in [0, 0.1) is 0 Å². The average Bonchev–Trinajstić information content (AvgIpc) is 2.34. The van der Waals surface area contributed by atoms with E-state index in [-0.39, 0.29) is 5.48 Å². The summed E-state index contributed by atoms with van der Waals surface area (Å²) in [6.07, 6.45) is 4.70. The molecule has 2 aromatic heterocycles. The minimum absolute atomic E-state index is 0. The lowest BCUT2D eigenvalue weighted by atomic mass is 10.6. The first kappa shape index (κ1) is 7.96. The summed E-state index contributed by atoms with van der Waals surface area (Å²) in [5.74, 6) is 0. The third-order valence-electron chi connectivity index (χ3n) is 1.20. The van der Waals surface area contributed by atoms with Crippen LogP contribution in [0.25, 0.3) is 11.2 Å². The van der Waals surface area contributed by atoms with Crippen molar-refractivity contribution in [2.24, 2.45) is 0 Å². The maximum atomic E-state index is 4.07. The van der Waals surface area contributed by atoms with Crippen molar-refractivity contribution in [3.8, 4) is 0 Å². The molecule has 0 spiro atoms. The van der Waals surface area contributed by atoms with Crippen molar-refractivity contribution in [2.75, 3.05) is 0 Å². The van der Waals surface area contributed by atoms with Gasteiger partial charge in [0.15, 0.2) is 5.65 Å².